The minimum Gasteiger partial charge on any atom is -0.478 e. The summed E-state index contributed by atoms with van der Waals surface area (Å²) in [5, 5.41) is 29.9. The second-order valence-electron chi connectivity index (χ2n) is 3.51. The fourth-order valence-corrected chi connectivity index (χ4v) is 1.65. The SMILES string of the molecule is O=C(O)/C=C/c1nnnn1-c1ccc([N+](=O)[O-])cc1Cl. The number of hydrogen-bond donors (Lipinski definition) is 1. The summed E-state index contributed by atoms with van der Waals surface area (Å²) >= 11 is 5.94. The van der Waals surface area contributed by atoms with Crippen molar-refractivity contribution in [2.45, 2.75) is 0 Å². The van der Waals surface area contributed by atoms with Gasteiger partial charge < -0.3 is 5.11 Å². The zero-order chi connectivity index (χ0) is 14.7. The van der Waals surface area contributed by atoms with Gasteiger partial charge in [-0.2, -0.15) is 4.68 Å². The predicted molar refractivity (Wildman–Crippen MR) is 67.5 cm³/mol. The van der Waals surface area contributed by atoms with Crippen molar-refractivity contribution in [3.63, 3.8) is 0 Å². The van der Waals surface area contributed by atoms with E-state index in [9.17, 15) is 14.9 Å². The molecule has 0 atom stereocenters. The fourth-order valence-electron chi connectivity index (χ4n) is 1.40. The minimum atomic E-state index is -1.16. The van der Waals surface area contributed by atoms with E-state index in [0.717, 1.165) is 12.1 Å². The molecule has 1 aromatic heterocycles. The molecule has 0 amide bonds. The average molecular weight is 296 g/mol. The Morgan fingerprint density at radius 3 is 2.85 bits per heavy atom. The summed E-state index contributed by atoms with van der Waals surface area (Å²) in [7, 11) is 0. The molecule has 0 aliphatic rings. The van der Waals surface area contributed by atoms with Gasteiger partial charge in [-0.15, -0.1) is 5.10 Å². The Labute approximate surface area is 116 Å². The van der Waals surface area contributed by atoms with Crippen LogP contribution in [0.25, 0.3) is 11.8 Å². The molecule has 1 N–H and O–H groups in total. The van der Waals surface area contributed by atoms with E-state index in [0.29, 0.717) is 5.69 Å². The van der Waals surface area contributed by atoms with Crippen molar-refractivity contribution in [3.05, 3.63) is 45.2 Å². The van der Waals surface area contributed by atoms with Crippen molar-refractivity contribution < 1.29 is 14.8 Å². The van der Waals surface area contributed by atoms with Gasteiger partial charge in [0.25, 0.3) is 5.69 Å². The highest BCUT2D eigenvalue weighted by molar-refractivity contribution is 6.32. The van der Waals surface area contributed by atoms with E-state index in [1.807, 2.05) is 0 Å². The maximum Gasteiger partial charge on any atom is 0.328 e. The number of benzene rings is 1. The number of nitrogens with zero attached hydrogens (tertiary/aromatic N) is 5. The molecule has 1 heterocycles. The summed E-state index contributed by atoms with van der Waals surface area (Å²) in [4.78, 5) is 20.5. The Bertz CT molecular complexity index is 711. The van der Waals surface area contributed by atoms with Gasteiger partial charge in [-0.05, 0) is 22.6 Å². The van der Waals surface area contributed by atoms with E-state index in [1.54, 1.807) is 0 Å². The lowest BCUT2D eigenvalue weighted by Crippen LogP contribution is -2.01. The molecule has 2 aromatic rings. The van der Waals surface area contributed by atoms with Gasteiger partial charge in [0.05, 0.1) is 15.6 Å². The van der Waals surface area contributed by atoms with Crippen LogP contribution in [0.15, 0.2) is 24.3 Å². The van der Waals surface area contributed by atoms with Crippen LogP contribution in [0.5, 0.6) is 0 Å². The van der Waals surface area contributed by atoms with Gasteiger partial charge in [0.2, 0.25) is 0 Å². The van der Waals surface area contributed by atoms with Crippen LogP contribution in [-0.2, 0) is 4.79 Å². The number of rotatable bonds is 4. The van der Waals surface area contributed by atoms with Crippen molar-refractivity contribution in [1.29, 1.82) is 0 Å². The van der Waals surface area contributed by atoms with Gasteiger partial charge in [-0.1, -0.05) is 11.6 Å². The molecule has 10 heteroatoms. The summed E-state index contributed by atoms with van der Waals surface area (Å²) in [5.74, 6) is -1.03. The van der Waals surface area contributed by atoms with Gasteiger partial charge in [-0.3, -0.25) is 10.1 Å². The molecule has 0 radical (unpaired) electrons. The topological polar surface area (TPSA) is 124 Å². The number of hydrogen-bond acceptors (Lipinski definition) is 6. The molecule has 9 nitrogen and oxygen atoms in total. The molecule has 2 rings (SSSR count). The minimum absolute atomic E-state index is 0.0662. The van der Waals surface area contributed by atoms with E-state index < -0.39 is 10.9 Å². The number of aromatic nitrogens is 4. The van der Waals surface area contributed by atoms with E-state index in [-0.39, 0.29) is 16.5 Å². The highest BCUT2D eigenvalue weighted by Gasteiger charge is 2.14. The number of nitro benzene ring substituents is 1. The Morgan fingerprint density at radius 1 is 1.50 bits per heavy atom. The second kappa shape index (κ2) is 5.45. The average Bonchev–Trinajstić information content (AvgIpc) is 2.84. The van der Waals surface area contributed by atoms with Crippen LogP contribution in [0.2, 0.25) is 5.02 Å². The molecule has 0 fully saturated rings. The number of halogens is 1. The molecule has 0 aliphatic heterocycles. The first-order valence-electron chi connectivity index (χ1n) is 5.13. The van der Waals surface area contributed by atoms with Gasteiger partial charge in [-0.25, -0.2) is 4.79 Å². The molecule has 0 spiro atoms. The molecule has 0 saturated heterocycles. The van der Waals surface area contributed by atoms with Crippen LogP contribution in [0.1, 0.15) is 5.82 Å². The lowest BCUT2D eigenvalue weighted by atomic mass is 10.3. The lowest BCUT2D eigenvalue weighted by Gasteiger charge is -2.04. The molecular formula is C10H6ClN5O4. The first kappa shape index (κ1) is 13.6. The first-order chi connectivity index (χ1) is 9.49. The zero-order valence-electron chi connectivity index (χ0n) is 9.67. The molecular weight excluding hydrogens is 290 g/mol. The van der Waals surface area contributed by atoms with E-state index >= 15 is 0 Å². The number of carboxylic acids is 1. The Hall–Kier alpha value is -2.81. The van der Waals surface area contributed by atoms with Gasteiger partial charge >= 0.3 is 5.97 Å². The molecule has 102 valence electrons. The monoisotopic (exact) mass is 295 g/mol. The van der Waals surface area contributed by atoms with Gasteiger partial charge in [0, 0.05) is 18.2 Å². The van der Waals surface area contributed by atoms with E-state index in [4.69, 9.17) is 16.7 Å². The van der Waals surface area contributed by atoms with Crippen LogP contribution in [0.4, 0.5) is 5.69 Å². The third-order valence-electron chi connectivity index (χ3n) is 2.24. The third kappa shape index (κ3) is 2.78. The van der Waals surface area contributed by atoms with Crippen molar-refractivity contribution in [2.75, 3.05) is 0 Å². The molecule has 0 saturated carbocycles. The largest absolute Gasteiger partial charge is 0.478 e. The molecule has 1 aromatic carbocycles. The lowest BCUT2D eigenvalue weighted by molar-refractivity contribution is -0.384. The van der Waals surface area contributed by atoms with Gasteiger partial charge in [0.1, 0.15) is 0 Å². The summed E-state index contributed by atoms with van der Waals surface area (Å²) in [5.41, 5.74) is 0.127. The molecule has 0 unspecified atom stereocenters. The van der Waals surface area contributed by atoms with Crippen LogP contribution >= 0.6 is 11.6 Å². The second-order valence-corrected chi connectivity index (χ2v) is 3.92. The van der Waals surface area contributed by atoms with Gasteiger partial charge in [0.15, 0.2) is 5.82 Å². The van der Waals surface area contributed by atoms with E-state index in [1.165, 1.54) is 22.9 Å². The summed E-state index contributed by atoms with van der Waals surface area (Å²) in [6.45, 7) is 0. The maximum absolute atomic E-state index is 10.6. The molecule has 0 bridgehead atoms. The van der Waals surface area contributed by atoms with Crippen molar-refractivity contribution >= 4 is 29.3 Å². The Balaban J connectivity index is 2.45. The van der Waals surface area contributed by atoms with Crippen LogP contribution in [0.3, 0.4) is 0 Å². The van der Waals surface area contributed by atoms with Crippen LogP contribution in [-0.4, -0.2) is 36.2 Å². The van der Waals surface area contributed by atoms with Crippen LogP contribution in [0, 0.1) is 10.1 Å². The quantitative estimate of drug-likeness (QED) is 0.512. The highest BCUT2D eigenvalue weighted by atomic mass is 35.5. The van der Waals surface area contributed by atoms with Crippen LogP contribution < -0.4 is 0 Å². The fraction of sp³-hybridized carbons (Fsp3) is 0. The number of carboxylic acid groups (broad SMARTS) is 1. The summed E-state index contributed by atoms with van der Waals surface area (Å²) in [6.07, 6.45) is 2.04. The first-order valence-corrected chi connectivity index (χ1v) is 5.50. The summed E-state index contributed by atoms with van der Waals surface area (Å²) in [6, 6.07) is 3.77. The number of non-ortho nitro benzene ring substituents is 1. The highest BCUT2D eigenvalue weighted by Crippen LogP contribution is 2.25. The third-order valence-corrected chi connectivity index (χ3v) is 2.54. The summed E-state index contributed by atoms with van der Waals surface area (Å²) < 4.78 is 1.17. The Morgan fingerprint density at radius 2 is 2.25 bits per heavy atom. The number of carbonyl (C=O) groups is 1. The Kier molecular flexibility index (Phi) is 3.71. The molecule has 0 aliphatic carbocycles. The van der Waals surface area contributed by atoms with Crippen molar-refractivity contribution in [1.82, 2.24) is 20.2 Å². The smallest absolute Gasteiger partial charge is 0.328 e. The number of nitro groups is 1. The maximum atomic E-state index is 10.6. The standard InChI is InChI=1S/C10H6ClN5O4/c11-7-5-6(16(19)20)1-2-8(7)15-9(12-13-14-15)3-4-10(17)18/h1-5H,(H,17,18)/b4-3+. The zero-order valence-corrected chi connectivity index (χ0v) is 10.4. The predicted octanol–water partition coefficient (Wildman–Crippen LogP) is 1.32. The normalized spacial score (nSPS) is 10.8. The molecule has 20 heavy (non-hydrogen) atoms. The van der Waals surface area contributed by atoms with E-state index in [2.05, 4.69) is 15.5 Å². The number of aliphatic carboxylic acids is 1. The number of tetrazole rings is 1. The van der Waals surface area contributed by atoms with Crippen molar-refractivity contribution in [2.24, 2.45) is 0 Å². The van der Waals surface area contributed by atoms with Crippen molar-refractivity contribution in [3.8, 4) is 5.69 Å².